The number of nitrogens with one attached hydrogen (secondary N) is 1. The van der Waals surface area contributed by atoms with Crippen molar-refractivity contribution < 1.29 is 19.0 Å². The second-order valence-electron chi connectivity index (χ2n) is 4.29. The number of carbonyl (C=O) groups excluding carboxylic acids is 1. The number of ether oxygens (including phenoxy) is 3. The van der Waals surface area contributed by atoms with Crippen LogP contribution < -0.4 is 14.8 Å². The summed E-state index contributed by atoms with van der Waals surface area (Å²) in [6, 6.07) is 5.71. The summed E-state index contributed by atoms with van der Waals surface area (Å²) in [7, 11) is 3.21. The molecule has 1 rings (SSSR count). The van der Waals surface area contributed by atoms with Crippen LogP contribution in [0.15, 0.2) is 18.2 Å². The largest absolute Gasteiger partial charge is 0.493 e. The van der Waals surface area contributed by atoms with Crippen molar-refractivity contribution in [3.63, 3.8) is 0 Å². The van der Waals surface area contributed by atoms with Gasteiger partial charge in [-0.3, -0.25) is 4.79 Å². The summed E-state index contributed by atoms with van der Waals surface area (Å²) in [6.07, 6.45) is 0.248. The van der Waals surface area contributed by atoms with E-state index >= 15 is 0 Å². The Labute approximate surface area is 120 Å². The van der Waals surface area contributed by atoms with Crippen molar-refractivity contribution in [3.8, 4) is 11.5 Å². The zero-order valence-corrected chi connectivity index (χ0v) is 12.6. The van der Waals surface area contributed by atoms with Crippen molar-refractivity contribution in [3.05, 3.63) is 23.8 Å². The molecule has 1 amide bonds. The minimum Gasteiger partial charge on any atom is -0.493 e. The third kappa shape index (κ3) is 4.42. The summed E-state index contributed by atoms with van der Waals surface area (Å²) in [4.78, 5) is 11.7. The Bertz CT molecular complexity index is 434. The molecule has 1 aromatic rings. The molecule has 0 fully saturated rings. The highest BCUT2D eigenvalue weighted by atomic mass is 16.5. The lowest BCUT2D eigenvalue weighted by Gasteiger charge is -2.14. The van der Waals surface area contributed by atoms with Gasteiger partial charge in [0.1, 0.15) is 6.10 Å². The van der Waals surface area contributed by atoms with E-state index in [1.54, 1.807) is 21.1 Å². The van der Waals surface area contributed by atoms with Crippen LogP contribution in [0.2, 0.25) is 0 Å². The molecule has 20 heavy (non-hydrogen) atoms. The van der Waals surface area contributed by atoms with Crippen molar-refractivity contribution in [2.75, 3.05) is 27.4 Å². The van der Waals surface area contributed by atoms with Crippen LogP contribution >= 0.6 is 0 Å². The van der Waals surface area contributed by atoms with Crippen molar-refractivity contribution in [1.82, 2.24) is 5.32 Å². The van der Waals surface area contributed by atoms with Crippen molar-refractivity contribution in [2.45, 2.75) is 26.4 Å². The molecule has 1 atom stereocenters. The van der Waals surface area contributed by atoms with E-state index < -0.39 is 6.10 Å². The van der Waals surface area contributed by atoms with Gasteiger partial charge in [-0.1, -0.05) is 12.1 Å². The predicted molar refractivity (Wildman–Crippen MR) is 77.3 cm³/mol. The van der Waals surface area contributed by atoms with Gasteiger partial charge in [-0.25, -0.2) is 0 Å². The van der Waals surface area contributed by atoms with E-state index in [-0.39, 0.29) is 5.91 Å². The Balaban J connectivity index is 2.56. The van der Waals surface area contributed by atoms with Gasteiger partial charge in [0, 0.05) is 13.2 Å². The summed E-state index contributed by atoms with van der Waals surface area (Å²) in [6.45, 7) is 4.66. The smallest absolute Gasteiger partial charge is 0.248 e. The van der Waals surface area contributed by atoms with Crippen molar-refractivity contribution in [2.24, 2.45) is 0 Å². The van der Waals surface area contributed by atoms with E-state index in [1.807, 2.05) is 25.1 Å². The van der Waals surface area contributed by atoms with E-state index in [0.29, 0.717) is 31.1 Å². The van der Waals surface area contributed by atoms with Crippen LogP contribution in [0.4, 0.5) is 0 Å². The SMILES string of the molecule is CCO[C@@H](C)C(=O)NCCc1cccc(OC)c1OC. The van der Waals surface area contributed by atoms with E-state index in [2.05, 4.69) is 5.32 Å². The number of methoxy groups -OCH3 is 2. The van der Waals surface area contributed by atoms with Crippen LogP contribution in [-0.2, 0) is 16.0 Å². The molecule has 0 spiro atoms. The molecule has 0 radical (unpaired) electrons. The Morgan fingerprint density at radius 1 is 1.30 bits per heavy atom. The van der Waals surface area contributed by atoms with Gasteiger partial charge < -0.3 is 19.5 Å². The monoisotopic (exact) mass is 281 g/mol. The molecule has 112 valence electrons. The lowest BCUT2D eigenvalue weighted by atomic mass is 10.1. The number of carbonyl (C=O) groups is 1. The minimum absolute atomic E-state index is 0.103. The van der Waals surface area contributed by atoms with Crippen molar-refractivity contribution in [1.29, 1.82) is 0 Å². The normalized spacial score (nSPS) is 11.8. The summed E-state index contributed by atoms with van der Waals surface area (Å²) in [5, 5.41) is 2.84. The van der Waals surface area contributed by atoms with E-state index in [9.17, 15) is 4.79 Å². The predicted octanol–water partition coefficient (Wildman–Crippen LogP) is 1.79. The van der Waals surface area contributed by atoms with Gasteiger partial charge in [0.15, 0.2) is 11.5 Å². The lowest BCUT2D eigenvalue weighted by molar-refractivity contribution is -0.131. The van der Waals surface area contributed by atoms with Gasteiger partial charge in [0.05, 0.1) is 14.2 Å². The molecule has 0 aliphatic carbocycles. The number of hydrogen-bond acceptors (Lipinski definition) is 4. The standard InChI is InChI=1S/C15H23NO4/c1-5-20-11(2)15(17)16-10-9-12-7-6-8-13(18-3)14(12)19-4/h6-8,11H,5,9-10H2,1-4H3,(H,16,17)/t11-/m0/s1. The Kier molecular flexibility index (Phi) is 6.87. The van der Waals surface area contributed by atoms with E-state index in [0.717, 1.165) is 5.56 Å². The van der Waals surface area contributed by atoms with Gasteiger partial charge in [0.25, 0.3) is 0 Å². The summed E-state index contributed by atoms with van der Waals surface area (Å²) >= 11 is 0. The van der Waals surface area contributed by atoms with Crippen LogP contribution in [0.25, 0.3) is 0 Å². The molecule has 5 heteroatoms. The molecule has 1 N–H and O–H groups in total. The molecule has 0 aliphatic heterocycles. The van der Waals surface area contributed by atoms with Gasteiger partial charge in [-0.15, -0.1) is 0 Å². The first-order valence-electron chi connectivity index (χ1n) is 6.73. The summed E-state index contributed by atoms with van der Waals surface area (Å²) in [5.41, 5.74) is 0.996. The molecule has 0 unspecified atom stereocenters. The summed E-state index contributed by atoms with van der Waals surface area (Å²) < 4.78 is 15.8. The molecule has 5 nitrogen and oxygen atoms in total. The fraction of sp³-hybridized carbons (Fsp3) is 0.533. The first kappa shape index (κ1) is 16.3. The Hall–Kier alpha value is -1.75. The van der Waals surface area contributed by atoms with Gasteiger partial charge >= 0.3 is 0 Å². The Morgan fingerprint density at radius 3 is 2.65 bits per heavy atom. The maximum Gasteiger partial charge on any atom is 0.248 e. The second kappa shape index (κ2) is 8.43. The number of hydrogen-bond donors (Lipinski definition) is 1. The first-order chi connectivity index (χ1) is 9.63. The van der Waals surface area contributed by atoms with Gasteiger partial charge in [-0.05, 0) is 31.9 Å². The third-order valence-electron chi connectivity index (χ3n) is 2.96. The number of benzene rings is 1. The van der Waals surface area contributed by atoms with Crippen LogP contribution in [-0.4, -0.2) is 39.4 Å². The molecule has 0 aromatic heterocycles. The fourth-order valence-corrected chi connectivity index (χ4v) is 1.94. The molecule has 1 aromatic carbocycles. The van der Waals surface area contributed by atoms with Crippen LogP contribution in [0, 0.1) is 0 Å². The maximum atomic E-state index is 11.7. The van der Waals surface area contributed by atoms with Crippen LogP contribution in [0.3, 0.4) is 0 Å². The molecule has 0 saturated carbocycles. The fourth-order valence-electron chi connectivity index (χ4n) is 1.94. The van der Waals surface area contributed by atoms with Crippen LogP contribution in [0.5, 0.6) is 11.5 Å². The average Bonchev–Trinajstić information content (AvgIpc) is 2.46. The van der Waals surface area contributed by atoms with Gasteiger partial charge in [-0.2, -0.15) is 0 Å². The number of para-hydroxylation sites is 1. The van der Waals surface area contributed by atoms with Crippen molar-refractivity contribution >= 4 is 5.91 Å². The first-order valence-corrected chi connectivity index (χ1v) is 6.73. The van der Waals surface area contributed by atoms with E-state index in [4.69, 9.17) is 14.2 Å². The quantitative estimate of drug-likeness (QED) is 0.789. The number of amides is 1. The minimum atomic E-state index is -0.424. The highest BCUT2D eigenvalue weighted by Gasteiger charge is 2.13. The van der Waals surface area contributed by atoms with E-state index in [1.165, 1.54) is 0 Å². The average molecular weight is 281 g/mol. The molecular formula is C15H23NO4. The topological polar surface area (TPSA) is 56.8 Å². The molecule has 0 aliphatic rings. The lowest BCUT2D eigenvalue weighted by Crippen LogP contribution is -2.35. The highest BCUT2D eigenvalue weighted by molar-refractivity contribution is 5.80. The molecular weight excluding hydrogens is 258 g/mol. The molecule has 0 bridgehead atoms. The number of rotatable bonds is 8. The zero-order chi connectivity index (χ0) is 15.0. The highest BCUT2D eigenvalue weighted by Crippen LogP contribution is 2.30. The summed E-state index contributed by atoms with van der Waals surface area (Å²) in [5.74, 6) is 1.30. The second-order valence-corrected chi connectivity index (χ2v) is 4.29. The maximum absolute atomic E-state index is 11.7. The molecule has 0 heterocycles. The third-order valence-corrected chi connectivity index (χ3v) is 2.96. The Morgan fingerprint density at radius 2 is 2.05 bits per heavy atom. The van der Waals surface area contributed by atoms with Crippen LogP contribution in [0.1, 0.15) is 19.4 Å². The zero-order valence-electron chi connectivity index (χ0n) is 12.6. The van der Waals surface area contributed by atoms with Gasteiger partial charge in [0.2, 0.25) is 5.91 Å². The molecule has 0 saturated heterocycles.